The number of thiophene rings is 1. The first-order chi connectivity index (χ1) is 22.0. The van der Waals surface area contributed by atoms with Crippen LogP contribution < -0.4 is 13.3 Å². The van der Waals surface area contributed by atoms with Crippen molar-refractivity contribution in [2.75, 3.05) is 26.2 Å². The maximum absolute atomic E-state index is 13.0. The van der Waals surface area contributed by atoms with E-state index >= 15 is 0 Å². The van der Waals surface area contributed by atoms with Crippen molar-refractivity contribution in [2.24, 2.45) is 0 Å². The minimum absolute atomic E-state index is 0.0393. The Balaban J connectivity index is 1.42. The van der Waals surface area contributed by atoms with Crippen LogP contribution in [-0.2, 0) is 16.5 Å². The number of halogens is 3. The number of likely N-dealkylation sites (tertiary alicyclic amines) is 1. The van der Waals surface area contributed by atoms with Gasteiger partial charge in [-0.15, -0.1) is 11.3 Å². The first-order valence-electron chi connectivity index (χ1n) is 15.8. The molecule has 0 N–H and O–H groups in total. The average molecular weight is 706 g/mol. The topological polar surface area (TPSA) is 65.1 Å². The van der Waals surface area contributed by atoms with Crippen molar-refractivity contribution in [1.82, 2.24) is 4.90 Å². The first kappa shape index (κ1) is 35.2. The average Bonchev–Trinajstić information content (AvgIpc) is 3.34. The number of hydrogen-bond donors (Lipinski definition) is 0. The van der Waals surface area contributed by atoms with E-state index in [4.69, 9.17) is 9.16 Å². The molecule has 1 aliphatic heterocycles. The summed E-state index contributed by atoms with van der Waals surface area (Å²) in [5.41, 5.74) is -2.59. The Morgan fingerprint density at radius 2 is 1.47 bits per heavy atom. The molecule has 1 fully saturated rings. The Morgan fingerprint density at radius 1 is 0.851 bits per heavy atom. The summed E-state index contributed by atoms with van der Waals surface area (Å²) in [7, 11) is -7.84. The zero-order chi connectivity index (χ0) is 34.0. The van der Waals surface area contributed by atoms with Crippen LogP contribution >= 0.6 is 11.3 Å². The molecule has 1 aromatic heterocycles. The van der Waals surface area contributed by atoms with Gasteiger partial charge in [-0.25, -0.2) is 0 Å². The minimum atomic E-state index is -5.79. The van der Waals surface area contributed by atoms with Crippen molar-refractivity contribution in [2.45, 2.75) is 70.1 Å². The van der Waals surface area contributed by atoms with Crippen LogP contribution in [0.25, 0.3) is 20.5 Å². The number of rotatable bonds is 11. The molecule has 12 heteroatoms. The van der Waals surface area contributed by atoms with E-state index in [0.717, 1.165) is 58.1 Å². The monoisotopic (exact) mass is 705 g/mol. The Kier molecular flexibility index (Phi) is 10.4. The number of benzene rings is 3. The lowest BCUT2D eigenvalue weighted by molar-refractivity contribution is -0.0500. The molecule has 0 aliphatic carbocycles. The van der Waals surface area contributed by atoms with Crippen molar-refractivity contribution < 1.29 is 34.9 Å². The van der Waals surface area contributed by atoms with Gasteiger partial charge in [0.2, 0.25) is 8.32 Å². The fourth-order valence-electron chi connectivity index (χ4n) is 5.27. The Morgan fingerprint density at radius 3 is 2.09 bits per heavy atom. The van der Waals surface area contributed by atoms with Crippen LogP contribution in [0.4, 0.5) is 13.2 Å². The highest BCUT2D eigenvalue weighted by Gasteiger charge is 2.48. The van der Waals surface area contributed by atoms with E-state index in [1.807, 2.05) is 48.5 Å². The van der Waals surface area contributed by atoms with Gasteiger partial charge in [-0.1, -0.05) is 39.3 Å². The second-order valence-electron chi connectivity index (χ2n) is 13.5. The summed E-state index contributed by atoms with van der Waals surface area (Å²) in [4.78, 5) is 3.36. The third-order valence-electron chi connectivity index (χ3n) is 8.98. The molecule has 2 heterocycles. The van der Waals surface area contributed by atoms with Crippen LogP contribution in [0.1, 0.15) is 51.2 Å². The SMILES string of the molecule is CC(C)(C)[Si](C)(C)Oc1ccc(-c2sc3cc(OS(=O)(=O)C(F)(F)F)ccc3c2Cc2ccc(OCCN3CCCCC3)cc2)cc1. The standard InChI is InChI=1S/C35H42F3NO5S2Si/c1-34(2,3)47(4,5)44-28-15-11-26(12-16-28)33-31(30-18-17-29(24-32(30)45-33)43-46(40,41)35(36,37)38)23-25-9-13-27(14-10-25)42-22-21-39-19-7-6-8-20-39/h9-18,24H,6-8,19-23H2,1-5H3. The van der Waals surface area contributed by atoms with Crippen molar-refractivity contribution >= 4 is 39.9 Å². The summed E-state index contributed by atoms with van der Waals surface area (Å²) >= 11 is 1.38. The smallest absolute Gasteiger partial charge is 0.534 e. The third kappa shape index (κ3) is 8.51. The molecule has 0 saturated carbocycles. The fraction of sp³-hybridized carbons (Fsp3) is 0.429. The summed E-state index contributed by atoms with van der Waals surface area (Å²) in [6, 6.07) is 20.1. The summed E-state index contributed by atoms with van der Waals surface area (Å²) in [6.45, 7) is 14.7. The van der Waals surface area contributed by atoms with Crippen LogP contribution in [0.3, 0.4) is 0 Å². The van der Waals surface area contributed by atoms with Crippen LogP contribution in [-0.4, -0.2) is 53.4 Å². The Hall–Kier alpha value is -3.06. The molecule has 1 aliphatic rings. The molecular weight excluding hydrogens is 664 g/mol. The number of alkyl halides is 3. The maximum atomic E-state index is 13.0. The number of hydrogen-bond acceptors (Lipinski definition) is 7. The van der Waals surface area contributed by atoms with Crippen LogP contribution in [0.5, 0.6) is 17.2 Å². The van der Waals surface area contributed by atoms with E-state index in [1.165, 1.54) is 42.7 Å². The Bertz CT molecular complexity index is 1780. The first-order valence-corrected chi connectivity index (χ1v) is 21.0. The lowest BCUT2D eigenvalue weighted by Gasteiger charge is -2.36. The van der Waals surface area contributed by atoms with E-state index in [9.17, 15) is 21.6 Å². The summed E-state index contributed by atoms with van der Waals surface area (Å²) in [5, 5.41) is 0.850. The number of ether oxygens (including phenoxy) is 1. The highest BCUT2D eigenvalue weighted by atomic mass is 32.2. The number of piperidine rings is 1. The molecule has 0 radical (unpaired) electrons. The van der Waals surface area contributed by atoms with Crippen molar-refractivity contribution in [3.63, 3.8) is 0 Å². The lowest BCUT2D eigenvalue weighted by Crippen LogP contribution is -2.43. The molecule has 6 nitrogen and oxygen atoms in total. The third-order valence-corrected chi connectivity index (χ3v) is 15.6. The zero-order valence-corrected chi connectivity index (χ0v) is 30.1. The maximum Gasteiger partial charge on any atom is 0.534 e. The molecule has 254 valence electrons. The lowest BCUT2D eigenvalue weighted by atomic mass is 9.99. The second-order valence-corrected chi connectivity index (χ2v) is 20.8. The van der Waals surface area contributed by atoms with Crippen LogP contribution in [0.15, 0.2) is 66.7 Å². The van der Waals surface area contributed by atoms with Gasteiger partial charge in [-0.05, 0) is 127 Å². The highest BCUT2D eigenvalue weighted by Crippen LogP contribution is 2.43. The van der Waals surface area contributed by atoms with Gasteiger partial charge >= 0.3 is 15.6 Å². The second kappa shape index (κ2) is 13.8. The quantitative estimate of drug-likeness (QED) is 0.0880. The highest BCUT2D eigenvalue weighted by molar-refractivity contribution is 7.88. The summed E-state index contributed by atoms with van der Waals surface area (Å²) in [6.07, 6.45) is 4.33. The minimum Gasteiger partial charge on any atom is -0.544 e. The van der Waals surface area contributed by atoms with Crippen molar-refractivity contribution in [3.05, 3.63) is 77.9 Å². The van der Waals surface area contributed by atoms with Crippen molar-refractivity contribution in [3.8, 4) is 27.7 Å². The van der Waals surface area contributed by atoms with Crippen LogP contribution in [0.2, 0.25) is 18.1 Å². The molecule has 0 unspecified atom stereocenters. The molecule has 5 rings (SSSR count). The molecule has 47 heavy (non-hydrogen) atoms. The summed E-state index contributed by atoms with van der Waals surface area (Å²) < 4.78 is 80.0. The van der Waals surface area contributed by atoms with E-state index < -0.39 is 29.7 Å². The van der Waals surface area contributed by atoms with Gasteiger partial charge in [0.05, 0.1) is 0 Å². The molecular formula is C35H42F3NO5S2Si. The zero-order valence-electron chi connectivity index (χ0n) is 27.4. The van der Waals surface area contributed by atoms with Gasteiger partial charge < -0.3 is 13.3 Å². The van der Waals surface area contributed by atoms with Gasteiger partial charge in [0.25, 0.3) is 0 Å². The van der Waals surface area contributed by atoms with Gasteiger partial charge in [-0.2, -0.15) is 21.6 Å². The van der Waals surface area contributed by atoms with Crippen LogP contribution in [0, 0.1) is 0 Å². The molecule has 1 saturated heterocycles. The fourth-order valence-corrected chi connectivity index (χ4v) is 8.01. The predicted molar refractivity (Wildman–Crippen MR) is 186 cm³/mol. The Labute approximate surface area is 280 Å². The molecule has 3 aromatic carbocycles. The van der Waals surface area contributed by atoms with E-state index in [1.54, 1.807) is 6.07 Å². The predicted octanol–water partition coefficient (Wildman–Crippen LogP) is 9.64. The molecule has 4 aromatic rings. The summed E-state index contributed by atoms with van der Waals surface area (Å²) in [5.74, 6) is 1.19. The molecule has 0 spiro atoms. The van der Waals surface area contributed by atoms with Crippen molar-refractivity contribution in [1.29, 1.82) is 0 Å². The molecule has 0 atom stereocenters. The largest absolute Gasteiger partial charge is 0.544 e. The molecule has 0 amide bonds. The van der Waals surface area contributed by atoms with E-state index in [-0.39, 0.29) is 5.04 Å². The van der Waals surface area contributed by atoms with E-state index in [2.05, 4.69) is 42.9 Å². The number of nitrogens with zero attached hydrogens (tertiary/aromatic N) is 1. The van der Waals surface area contributed by atoms with E-state index in [0.29, 0.717) is 17.7 Å². The van der Waals surface area contributed by atoms with Gasteiger partial charge in [0.1, 0.15) is 23.9 Å². The normalized spacial score (nSPS) is 15.1. The van der Waals surface area contributed by atoms with Gasteiger partial charge in [-0.3, -0.25) is 4.90 Å². The molecule has 0 bridgehead atoms. The number of fused-ring (bicyclic) bond motifs is 1. The van der Waals surface area contributed by atoms with Gasteiger partial charge in [0.15, 0.2) is 0 Å². The van der Waals surface area contributed by atoms with Gasteiger partial charge in [0, 0.05) is 16.1 Å².